The zero-order chi connectivity index (χ0) is 7.56. The summed E-state index contributed by atoms with van der Waals surface area (Å²) in [5.74, 6) is -0.249. The number of halogens is 2. The van der Waals surface area contributed by atoms with E-state index in [9.17, 15) is 4.39 Å². The molecule has 53 valence electrons. The summed E-state index contributed by atoms with van der Waals surface area (Å²) in [6.07, 6.45) is 0. The molecule has 0 fully saturated rings. The van der Waals surface area contributed by atoms with Crippen LogP contribution in [0.3, 0.4) is 0 Å². The molecule has 1 atom stereocenters. The smallest absolute Gasteiger partial charge is 0.123 e. The Morgan fingerprint density at radius 1 is 1.30 bits per heavy atom. The van der Waals surface area contributed by atoms with Crippen LogP contribution in [0.4, 0.5) is 4.39 Å². The Morgan fingerprint density at radius 3 is 2.20 bits per heavy atom. The fraction of sp³-hybridized carbons (Fsp3) is 0.125. The van der Waals surface area contributed by atoms with E-state index in [-0.39, 0.29) is 11.2 Å². The summed E-state index contributed by atoms with van der Waals surface area (Å²) in [5, 5.41) is -0.291. The molecule has 0 amide bonds. The van der Waals surface area contributed by atoms with Crippen molar-refractivity contribution in [1.29, 1.82) is 0 Å². The molecule has 0 saturated carbocycles. The lowest BCUT2D eigenvalue weighted by Crippen LogP contribution is -1.83. The van der Waals surface area contributed by atoms with Gasteiger partial charge in [0.15, 0.2) is 0 Å². The van der Waals surface area contributed by atoms with E-state index in [0.29, 0.717) is 0 Å². The van der Waals surface area contributed by atoms with Crippen molar-refractivity contribution in [3.8, 4) is 0 Å². The number of hydrogen-bond acceptors (Lipinski definition) is 0. The van der Waals surface area contributed by atoms with Gasteiger partial charge >= 0.3 is 0 Å². The van der Waals surface area contributed by atoms with E-state index in [4.69, 9.17) is 11.6 Å². The summed E-state index contributed by atoms with van der Waals surface area (Å²) in [4.78, 5) is 0. The van der Waals surface area contributed by atoms with Gasteiger partial charge in [-0.25, -0.2) is 4.39 Å². The van der Waals surface area contributed by atoms with Gasteiger partial charge in [0.05, 0.1) is 5.38 Å². The fourth-order valence-electron chi connectivity index (χ4n) is 0.672. The van der Waals surface area contributed by atoms with E-state index in [0.717, 1.165) is 5.56 Å². The zero-order valence-electron chi connectivity index (χ0n) is 5.35. The van der Waals surface area contributed by atoms with E-state index in [1.54, 1.807) is 12.1 Å². The second-order valence-corrected chi connectivity index (χ2v) is 2.55. The maximum atomic E-state index is 12.3. The molecular formula is C8H7ClF. The largest absolute Gasteiger partial charge is 0.207 e. The molecule has 0 nitrogen and oxygen atoms in total. The highest BCUT2D eigenvalue weighted by atomic mass is 35.5. The lowest BCUT2D eigenvalue weighted by Gasteiger charge is -2.00. The molecule has 1 aromatic carbocycles. The number of rotatable bonds is 1. The van der Waals surface area contributed by atoms with Gasteiger partial charge in [-0.1, -0.05) is 12.1 Å². The van der Waals surface area contributed by atoms with Crippen LogP contribution in [0.25, 0.3) is 0 Å². The van der Waals surface area contributed by atoms with Crippen molar-refractivity contribution in [2.75, 3.05) is 0 Å². The zero-order valence-corrected chi connectivity index (χ0v) is 6.11. The van der Waals surface area contributed by atoms with E-state index in [1.165, 1.54) is 12.1 Å². The molecule has 0 aliphatic heterocycles. The summed E-state index contributed by atoms with van der Waals surface area (Å²) in [6, 6.07) is 5.99. The van der Waals surface area contributed by atoms with Gasteiger partial charge in [0.1, 0.15) is 5.82 Å². The molecule has 1 rings (SSSR count). The minimum Gasteiger partial charge on any atom is -0.207 e. The molecule has 0 spiro atoms. The predicted molar refractivity (Wildman–Crippen MR) is 40.4 cm³/mol. The third kappa shape index (κ3) is 1.71. The lowest BCUT2D eigenvalue weighted by molar-refractivity contribution is 0.627. The van der Waals surface area contributed by atoms with E-state index in [1.807, 2.05) is 0 Å². The standard InChI is InChI=1S/C8H7ClF/c1-6(9)7-2-4-8(10)5-3-7/h2-6H,1H2. The third-order valence-electron chi connectivity index (χ3n) is 1.23. The van der Waals surface area contributed by atoms with Crippen LogP contribution in [0.5, 0.6) is 0 Å². The van der Waals surface area contributed by atoms with Gasteiger partial charge < -0.3 is 0 Å². The van der Waals surface area contributed by atoms with Crippen LogP contribution in [0.2, 0.25) is 0 Å². The molecule has 0 heterocycles. The first kappa shape index (κ1) is 7.55. The Morgan fingerprint density at radius 2 is 1.80 bits per heavy atom. The van der Waals surface area contributed by atoms with Crippen molar-refractivity contribution in [3.63, 3.8) is 0 Å². The van der Waals surface area contributed by atoms with Crippen molar-refractivity contribution in [2.24, 2.45) is 0 Å². The second kappa shape index (κ2) is 3.02. The van der Waals surface area contributed by atoms with E-state index >= 15 is 0 Å². The molecule has 1 aromatic rings. The number of benzene rings is 1. The molecule has 0 aliphatic carbocycles. The Labute approximate surface area is 64.6 Å². The summed E-state index contributed by atoms with van der Waals surface area (Å²) < 4.78 is 12.3. The first-order chi connectivity index (χ1) is 4.70. The highest BCUT2D eigenvalue weighted by Gasteiger charge is 1.98. The Hall–Kier alpha value is -0.560. The molecule has 0 bridgehead atoms. The molecule has 2 heteroatoms. The summed E-state index contributed by atoms with van der Waals surface area (Å²) in [5.41, 5.74) is 0.836. The Bertz CT molecular complexity index is 203. The van der Waals surface area contributed by atoms with Crippen LogP contribution in [-0.4, -0.2) is 0 Å². The molecular weight excluding hydrogens is 151 g/mol. The third-order valence-corrected chi connectivity index (χ3v) is 1.48. The normalized spacial score (nSPS) is 13.1. The van der Waals surface area contributed by atoms with Gasteiger partial charge in [0.2, 0.25) is 0 Å². The lowest BCUT2D eigenvalue weighted by atomic mass is 10.2. The van der Waals surface area contributed by atoms with Crippen LogP contribution in [-0.2, 0) is 0 Å². The topological polar surface area (TPSA) is 0 Å². The quantitative estimate of drug-likeness (QED) is 0.550. The average Bonchev–Trinajstić information content (AvgIpc) is 1.88. The van der Waals surface area contributed by atoms with Gasteiger partial charge in [0.25, 0.3) is 0 Å². The summed E-state index contributed by atoms with van der Waals surface area (Å²) >= 11 is 5.62. The SMILES string of the molecule is [CH2]C(Cl)c1ccc(F)cc1. The predicted octanol–water partition coefficient (Wildman–Crippen LogP) is 2.94. The van der Waals surface area contributed by atoms with Crippen LogP contribution in [0, 0.1) is 12.7 Å². The van der Waals surface area contributed by atoms with Gasteiger partial charge in [0, 0.05) is 0 Å². The maximum absolute atomic E-state index is 12.3. The fourth-order valence-corrected chi connectivity index (χ4v) is 0.817. The van der Waals surface area contributed by atoms with Gasteiger partial charge in [-0.2, -0.15) is 0 Å². The molecule has 10 heavy (non-hydrogen) atoms. The highest BCUT2D eigenvalue weighted by molar-refractivity contribution is 6.21. The molecule has 0 aromatic heterocycles. The second-order valence-electron chi connectivity index (χ2n) is 2.02. The molecule has 0 N–H and O–H groups in total. The van der Waals surface area contributed by atoms with Gasteiger partial charge in [-0.15, -0.1) is 11.6 Å². The monoisotopic (exact) mass is 157 g/mol. The van der Waals surface area contributed by atoms with Crippen molar-refractivity contribution in [1.82, 2.24) is 0 Å². The Balaban J connectivity index is 2.89. The molecule has 0 aliphatic rings. The number of alkyl halides is 1. The van der Waals surface area contributed by atoms with E-state index < -0.39 is 0 Å². The highest BCUT2D eigenvalue weighted by Crippen LogP contribution is 2.18. The first-order valence-corrected chi connectivity index (χ1v) is 3.36. The maximum Gasteiger partial charge on any atom is 0.123 e. The minimum absolute atomic E-state index is 0.249. The van der Waals surface area contributed by atoms with Crippen LogP contribution >= 0.6 is 11.6 Å². The van der Waals surface area contributed by atoms with Crippen molar-refractivity contribution < 1.29 is 4.39 Å². The number of hydrogen-bond donors (Lipinski definition) is 0. The van der Waals surface area contributed by atoms with Crippen LogP contribution < -0.4 is 0 Å². The summed E-state index contributed by atoms with van der Waals surface area (Å²) in [7, 11) is 0. The van der Waals surface area contributed by atoms with Crippen molar-refractivity contribution in [3.05, 3.63) is 42.6 Å². The molecule has 1 radical (unpaired) electrons. The van der Waals surface area contributed by atoms with Gasteiger partial charge in [-0.3, -0.25) is 0 Å². The van der Waals surface area contributed by atoms with Crippen LogP contribution in [0.1, 0.15) is 10.9 Å². The van der Waals surface area contributed by atoms with Crippen molar-refractivity contribution in [2.45, 2.75) is 5.38 Å². The first-order valence-electron chi connectivity index (χ1n) is 2.93. The van der Waals surface area contributed by atoms with Crippen LogP contribution in [0.15, 0.2) is 24.3 Å². The Kier molecular flexibility index (Phi) is 2.28. The average molecular weight is 158 g/mol. The van der Waals surface area contributed by atoms with E-state index in [2.05, 4.69) is 6.92 Å². The van der Waals surface area contributed by atoms with Crippen molar-refractivity contribution >= 4 is 11.6 Å². The summed E-state index contributed by atoms with van der Waals surface area (Å²) in [6.45, 7) is 3.58. The molecule has 1 unspecified atom stereocenters. The molecule has 0 saturated heterocycles. The minimum atomic E-state index is -0.291. The van der Waals surface area contributed by atoms with Gasteiger partial charge in [-0.05, 0) is 24.6 Å².